The van der Waals surface area contributed by atoms with Gasteiger partial charge in [0.05, 0.1) is 5.56 Å². The lowest BCUT2D eigenvalue weighted by Crippen LogP contribution is -2.10. The van der Waals surface area contributed by atoms with Crippen molar-refractivity contribution in [2.75, 3.05) is 7.05 Å². The van der Waals surface area contributed by atoms with Crippen LogP contribution >= 0.6 is 11.3 Å². The summed E-state index contributed by atoms with van der Waals surface area (Å²) in [6.07, 6.45) is 0. The van der Waals surface area contributed by atoms with Crippen molar-refractivity contribution in [1.82, 2.24) is 5.32 Å². The van der Waals surface area contributed by atoms with Crippen LogP contribution in [0.15, 0.2) is 12.1 Å². The van der Waals surface area contributed by atoms with Gasteiger partial charge in [-0.1, -0.05) is 0 Å². The molecular weight excluding hydrogens is 297 g/mol. The molecule has 108 valence electrons. The van der Waals surface area contributed by atoms with Crippen molar-refractivity contribution in [2.24, 2.45) is 0 Å². The zero-order valence-corrected chi connectivity index (χ0v) is 11.3. The number of hydrogen-bond acceptors (Lipinski definition) is 2. The van der Waals surface area contributed by atoms with Gasteiger partial charge in [0, 0.05) is 15.8 Å². The molecule has 0 aliphatic carbocycles. The molecule has 1 aromatic heterocycles. The second kappa shape index (κ2) is 5.49. The van der Waals surface area contributed by atoms with Crippen molar-refractivity contribution in [1.29, 1.82) is 0 Å². The van der Waals surface area contributed by atoms with Gasteiger partial charge in [0.15, 0.2) is 23.3 Å². The number of halogens is 5. The van der Waals surface area contributed by atoms with Gasteiger partial charge in [-0.05, 0) is 26.1 Å². The third-order valence-electron chi connectivity index (χ3n) is 2.94. The number of hydrogen-bond donors (Lipinski definition) is 1. The molecule has 0 aliphatic rings. The van der Waals surface area contributed by atoms with Crippen LogP contribution in [0.3, 0.4) is 0 Å². The molecule has 1 heterocycles. The second-order valence-electron chi connectivity index (χ2n) is 4.16. The van der Waals surface area contributed by atoms with E-state index in [1.165, 1.54) is 6.07 Å². The average Bonchev–Trinajstić information content (AvgIpc) is 2.92. The van der Waals surface area contributed by atoms with E-state index < -0.39 is 34.6 Å². The lowest BCUT2D eigenvalue weighted by molar-refractivity contribution is 0.381. The average molecular weight is 307 g/mol. The number of nitrogens with one attached hydrogen (secondary N) is 1. The maximum absolute atomic E-state index is 13.7. The van der Waals surface area contributed by atoms with Gasteiger partial charge in [0.25, 0.3) is 0 Å². The van der Waals surface area contributed by atoms with Gasteiger partial charge < -0.3 is 5.32 Å². The standard InChI is InChI=1S/C13H10F5NS/c1-5(19-2)6-3-4-7(20-6)8-9(14)11(16)13(18)12(17)10(8)15/h3-5,19H,1-2H3. The minimum Gasteiger partial charge on any atom is -0.313 e. The monoisotopic (exact) mass is 307 g/mol. The molecule has 0 bridgehead atoms. The van der Waals surface area contributed by atoms with Gasteiger partial charge in [0.2, 0.25) is 5.82 Å². The summed E-state index contributed by atoms with van der Waals surface area (Å²) in [5.41, 5.74) is -0.888. The van der Waals surface area contributed by atoms with Crippen LogP contribution in [-0.2, 0) is 0 Å². The maximum Gasteiger partial charge on any atom is 0.200 e. The van der Waals surface area contributed by atoms with Crippen LogP contribution in [0.4, 0.5) is 22.0 Å². The van der Waals surface area contributed by atoms with Gasteiger partial charge in [-0.15, -0.1) is 11.3 Å². The summed E-state index contributed by atoms with van der Waals surface area (Å²) in [5, 5.41) is 2.92. The Morgan fingerprint density at radius 3 is 1.90 bits per heavy atom. The van der Waals surface area contributed by atoms with Crippen molar-refractivity contribution < 1.29 is 22.0 Å². The highest BCUT2D eigenvalue weighted by Crippen LogP contribution is 2.37. The van der Waals surface area contributed by atoms with Crippen LogP contribution in [0.1, 0.15) is 17.8 Å². The molecular formula is C13H10F5NS. The third-order valence-corrected chi connectivity index (χ3v) is 4.23. The minimum atomic E-state index is -2.15. The fraction of sp³-hybridized carbons (Fsp3) is 0.231. The smallest absolute Gasteiger partial charge is 0.200 e. The van der Waals surface area contributed by atoms with Crippen molar-refractivity contribution in [2.45, 2.75) is 13.0 Å². The van der Waals surface area contributed by atoms with E-state index in [1.807, 2.05) is 6.92 Å². The predicted molar refractivity (Wildman–Crippen MR) is 67.0 cm³/mol. The first-order chi connectivity index (χ1) is 9.38. The van der Waals surface area contributed by atoms with E-state index in [0.717, 1.165) is 16.2 Å². The largest absolute Gasteiger partial charge is 0.313 e. The summed E-state index contributed by atoms with van der Waals surface area (Å²) >= 11 is 0.972. The molecule has 0 saturated carbocycles. The zero-order valence-electron chi connectivity index (χ0n) is 10.5. The SMILES string of the molecule is CNC(C)c1ccc(-c2c(F)c(F)c(F)c(F)c2F)s1. The van der Waals surface area contributed by atoms with Crippen LogP contribution in [0, 0.1) is 29.1 Å². The Morgan fingerprint density at radius 1 is 0.900 bits per heavy atom. The van der Waals surface area contributed by atoms with Gasteiger partial charge in [-0.3, -0.25) is 0 Å². The van der Waals surface area contributed by atoms with Crippen molar-refractivity contribution in [3.8, 4) is 10.4 Å². The molecule has 0 fully saturated rings. The molecule has 0 amide bonds. The van der Waals surface area contributed by atoms with E-state index in [4.69, 9.17) is 0 Å². The molecule has 1 aromatic carbocycles. The van der Waals surface area contributed by atoms with Gasteiger partial charge >= 0.3 is 0 Å². The molecule has 0 spiro atoms. The molecule has 2 aromatic rings. The van der Waals surface area contributed by atoms with E-state index in [9.17, 15) is 22.0 Å². The van der Waals surface area contributed by atoms with E-state index in [2.05, 4.69) is 5.32 Å². The van der Waals surface area contributed by atoms with Gasteiger partial charge in [0.1, 0.15) is 0 Å². The highest BCUT2D eigenvalue weighted by molar-refractivity contribution is 7.15. The van der Waals surface area contributed by atoms with Gasteiger partial charge in [-0.25, -0.2) is 22.0 Å². The third kappa shape index (κ3) is 2.31. The Kier molecular flexibility index (Phi) is 4.10. The van der Waals surface area contributed by atoms with Crippen LogP contribution in [0.2, 0.25) is 0 Å². The maximum atomic E-state index is 13.7. The fourth-order valence-electron chi connectivity index (χ4n) is 1.68. The van der Waals surface area contributed by atoms with E-state index >= 15 is 0 Å². The molecule has 1 atom stereocenters. The summed E-state index contributed by atoms with van der Waals surface area (Å²) in [7, 11) is 1.70. The Bertz CT molecular complexity index is 623. The normalized spacial score (nSPS) is 12.8. The van der Waals surface area contributed by atoms with Crippen LogP contribution in [0.5, 0.6) is 0 Å². The predicted octanol–water partition coefficient (Wildman–Crippen LogP) is 4.39. The molecule has 0 aliphatic heterocycles. The molecule has 20 heavy (non-hydrogen) atoms. The molecule has 1 nitrogen and oxygen atoms in total. The summed E-state index contributed by atoms with van der Waals surface area (Å²) < 4.78 is 66.6. The first-order valence-electron chi connectivity index (χ1n) is 5.67. The molecule has 7 heteroatoms. The Balaban J connectivity index is 2.61. The Morgan fingerprint density at radius 2 is 1.40 bits per heavy atom. The lowest BCUT2D eigenvalue weighted by Gasteiger charge is -2.07. The van der Waals surface area contributed by atoms with Crippen LogP contribution < -0.4 is 5.32 Å². The first kappa shape index (κ1) is 14.9. The van der Waals surface area contributed by atoms with Gasteiger partial charge in [-0.2, -0.15) is 0 Å². The minimum absolute atomic E-state index is 0.00472. The second-order valence-corrected chi connectivity index (χ2v) is 5.27. The highest BCUT2D eigenvalue weighted by atomic mass is 32.1. The fourth-order valence-corrected chi connectivity index (χ4v) is 2.79. The summed E-state index contributed by atoms with van der Waals surface area (Å²) in [4.78, 5) is 0.723. The van der Waals surface area contributed by atoms with Crippen molar-refractivity contribution in [3.63, 3.8) is 0 Å². The summed E-state index contributed by atoms with van der Waals surface area (Å²) in [6, 6.07) is 2.83. The quantitative estimate of drug-likeness (QED) is 0.504. The topological polar surface area (TPSA) is 12.0 Å². The van der Waals surface area contributed by atoms with Crippen molar-refractivity contribution >= 4 is 11.3 Å². The number of rotatable bonds is 3. The van der Waals surface area contributed by atoms with Crippen molar-refractivity contribution in [3.05, 3.63) is 46.1 Å². The van der Waals surface area contributed by atoms with Crippen LogP contribution in [0.25, 0.3) is 10.4 Å². The molecule has 0 radical (unpaired) electrons. The number of benzene rings is 1. The first-order valence-corrected chi connectivity index (χ1v) is 6.49. The van der Waals surface area contributed by atoms with Crippen LogP contribution in [-0.4, -0.2) is 7.05 Å². The molecule has 2 rings (SSSR count). The highest BCUT2D eigenvalue weighted by Gasteiger charge is 2.27. The molecule has 0 saturated heterocycles. The van der Waals surface area contributed by atoms with E-state index in [1.54, 1.807) is 13.1 Å². The zero-order chi connectivity index (χ0) is 15.0. The Hall–Kier alpha value is -1.47. The van der Waals surface area contributed by atoms with E-state index in [-0.39, 0.29) is 10.9 Å². The summed E-state index contributed by atoms with van der Waals surface area (Å²) in [6.45, 7) is 1.81. The molecule has 1 N–H and O–H groups in total. The molecule has 1 unspecified atom stereocenters. The Labute approximate surface area is 116 Å². The lowest BCUT2D eigenvalue weighted by atomic mass is 10.1. The summed E-state index contributed by atoms with van der Waals surface area (Å²) in [5.74, 6) is -9.64. The van der Waals surface area contributed by atoms with E-state index in [0.29, 0.717) is 0 Å². The number of thiophene rings is 1.